The second kappa shape index (κ2) is 41.6. The van der Waals surface area contributed by atoms with Crippen LogP contribution in [0.2, 0.25) is 0 Å². The van der Waals surface area contributed by atoms with Crippen LogP contribution in [0.15, 0.2) is 0 Å². The molecule has 0 unspecified atom stereocenters. The fourth-order valence-electron chi connectivity index (χ4n) is 25.5. The second-order valence-electron chi connectivity index (χ2n) is 76.3. The fourth-order valence-corrected chi connectivity index (χ4v) is 77.9. The van der Waals surface area contributed by atoms with E-state index in [1.807, 2.05) is 0 Å². The molecule has 0 atom stereocenters. The molecule has 0 saturated carbocycles. The van der Waals surface area contributed by atoms with E-state index >= 15 is 0 Å². The van der Waals surface area contributed by atoms with E-state index in [0.717, 1.165) is 80.1 Å². The Balaban J connectivity index is -0.000000532. The van der Waals surface area contributed by atoms with Crippen LogP contribution >= 0.6 is 88.9 Å². The quantitative estimate of drug-likeness (QED) is 0.0436. The Kier molecular flexibility index (Phi) is 45.9. The summed E-state index contributed by atoms with van der Waals surface area (Å²) in [5.74, 6) is 0. The van der Waals surface area contributed by atoms with E-state index in [4.69, 9.17) is 53.3 Å². The zero-order chi connectivity index (χ0) is 111. The zero-order valence-corrected chi connectivity index (χ0v) is 119. The summed E-state index contributed by atoms with van der Waals surface area (Å²) in [7, 11) is -2.50. The van der Waals surface area contributed by atoms with E-state index in [1.54, 1.807) is 20.0 Å². The summed E-state index contributed by atoms with van der Waals surface area (Å²) in [5.41, 5.74) is 2.34. The first-order valence-corrected chi connectivity index (χ1v) is 98.7. The molecule has 0 fully saturated rings. The third kappa shape index (κ3) is 90.1. The Morgan fingerprint density at radius 3 is 0.201 bits per heavy atom. The van der Waals surface area contributed by atoms with Crippen LogP contribution in [-0.2, 0) is 53.3 Å². The van der Waals surface area contributed by atoms with E-state index < -0.39 is 118 Å². The molecule has 0 spiro atoms. The van der Waals surface area contributed by atoms with Crippen molar-refractivity contribution in [1.82, 2.24) is 0 Å². The molecule has 30 heteroatoms. The molecule has 0 bridgehead atoms. The Labute approximate surface area is 849 Å². The van der Waals surface area contributed by atoms with E-state index in [1.165, 1.54) is 0 Å². The fraction of sp³-hybridized carbons (Fsp3) is 1.00. The van der Waals surface area contributed by atoms with Crippen LogP contribution in [0.25, 0.3) is 0 Å². The third-order valence-electron chi connectivity index (χ3n) is 18.9. The average Bonchev–Trinajstić information content (AvgIpc) is 0.764. The van der Waals surface area contributed by atoms with Gasteiger partial charge in [-0.1, -0.05) is 0 Å². The predicted molar refractivity (Wildman–Crippen MR) is 674 cm³/mol. The van der Waals surface area contributed by atoms with Gasteiger partial charge in [-0.05, 0) is 0 Å². The zero-order valence-electron chi connectivity index (χ0n) is 107. The van der Waals surface area contributed by atoms with Crippen LogP contribution in [0, 0.1) is 70.4 Å². The first-order chi connectivity index (χ1) is 54.8. The van der Waals surface area contributed by atoms with Crippen LogP contribution < -0.4 is 0 Å². The van der Waals surface area contributed by atoms with Crippen LogP contribution in [-0.4, -0.2) is 369 Å². The monoisotopic (exact) mass is 2170 g/mol. The van der Waals surface area contributed by atoms with Gasteiger partial charge in [0.1, 0.15) is 0 Å². The van der Waals surface area contributed by atoms with E-state index in [0.29, 0.717) is 0 Å². The molecular weight excluding hydrogens is 1910 g/mol. The maximum atomic E-state index is 13.7. The molecule has 0 aromatic heterocycles. The Morgan fingerprint density at radius 2 is 0.172 bits per heavy atom. The Morgan fingerprint density at radius 1 is 0.119 bits per heavy atom. The van der Waals surface area contributed by atoms with Gasteiger partial charge >= 0.3 is 856 Å². The van der Waals surface area contributed by atoms with Crippen molar-refractivity contribution >= 4 is 118 Å². The molecule has 0 heterocycles. The van der Waals surface area contributed by atoms with Crippen molar-refractivity contribution in [2.75, 3.05) is 340 Å². The second-order valence-corrected chi connectivity index (χ2v) is 160. The van der Waals surface area contributed by atoms with Crippen LogP contribution in [0.5, 0.6) is 0 Å². The first kappa shape index (κ1) is 148. The van der Waals surface area contributed by atoms with E-state index in [9.17, 15) is 4.20 Å². The average molecular weight is 2170 g/mol. The molecule has 0 radical (unpaired) electrons. The summed E-state index contributed by atoms with van der Waals surface area (Å²) in [4.78, 5) is 0. The van der Waals surface area contributed by atoms with Crippen molar-refractivity contribution in [3.8, 4) is 0 Å². The van der Waals surface area contributed by atoms with Gasteiger partial charge in [-0.3, -0.25) is 0 Å². The number of hydrogen-bond donors (Lipinski definition) is 0. The molecule has 12 nitrogen and oxygen atoms in total. The Bertz CT molecular complexity index is 2900. The van der Waals surface area contributed by atoms with Crippen molar-refractivity contribution in [3.05, 3.63) is 0 Å². The standard InChI is InChI=1S/4C24H60BO3P3.C8H20FP/c4*1-22(2,3)19-29(10,11,12)26-25(27-30(13,14,15)20-23(4,5)6)28-31(16,17,18)21-24(7,8)9;1-8(2,3)7-10(4,5,6)9/h4*19-21H2,1-18H3;7H2,1-6H3. The molecule has 0 aliphatic carbocycles. The van der Waals surface area contributed by atoms with E-state index in [2.05, 4.69) is 510 Å². The van der Waals surface area contributed by atoms with Gasteiger partial charge < -0.3 is 0 Å². The van der Waals surface area contributed by atoms with Crippen LogP contribution in [0.3, 0.4) is 0 Å². The summed E-state index contributed by atoms with van der Waals surface area (Å²) in [6.45, 7) is 145. The summed E-state index contributed by atoms with van der Waals surface area (Å²) < 4.78 is 97.5. The molecule has 0 aliphatic rings. The SMILES string of the molecule is CC(C)(C)CP(C)(C)(C)F.CC(C)(C)CP(C)(C)(C)OB(OP(C)(C)(C)CC(C)(C)C)OP(C)(C)(C)CC(C)(C)C.CC(C)(C)CP(C)(C)(C)OB(OP(C)(C)(C)CC(C)(C)C)OP(C)(C)(C)CC(C)(C)C.CC(C)(C)CP(C)(C)(C)OB(OP(C)(C)(C)CC(C)(C)C)OP(C)(C)(C)CC(C)(C)C.CC(C)(C)CP(C)(C)(C)OB(OP(C)(C)(C)CC(C)(C)C)OP(C)(C)(C)CC(C)(C)C. The van der Waals surface area contributed by atoms with Crippen LogP contribution in [0.1, 0.15) is 270 Å². The van der Waals surface area contributed by atoms with Crippen molar-refractivity contribution in [3.63, 3.8) is 0 Å². The molecule has 0 saturated heterocycles. The van der Waals surface area contributed by atoms with Gasteiger partial charge in [-0.25, -0.2) is 0 Å². The topological polar surface area (TPSA) is 111 Å². The minimum absolute atomic E-state index is 0.130. The van der Waals surface area contributed by atoms with Crippen molar-refractivity contribution < 1.29 is 57.5 Å². The van der Waals surface area contributed by atoms with Gasteiger partial charge in [-0.15, -0.1) is 0 Å². The normalized spacial score (nSPS) is 18.9. The Hall–Kier alpha value is 5.30. The minimum atomic E-state index is -2.75. The van der Waals surface area contributed by atoms with Crippen molar-refractivity contribution in [1.29, 1.82) is 0 Å². The summed E-state index contributed by atoms with van der Waals surface area (Å²) in [6, 6.07) is 0. The summed E-state index contributed by atoms with van der Waals surface area (Å²) in [6.07, 6.45) is 13.1. The molecule has 832 valence electrons. The molecule has 0 aromatic carbocycles. The van der Waals surface area contributed by atoms with Gasteiger partial charge in [-0.2, -0.15) is 0 Å². The number of halogens is 1. The predicted octanol–water partition coefficient (Wildman–Crippen LogP) is 36.3. The van der Waals surface area contributed by atoms with Gasteiger partial charge in [0.25, 0.3) is 0 Å². The third-order valence-corrected chi connectivity index (χ3v) is 56.7. The summed E-state index contributed by atoms with van der Waals surface area (Å²) >= 11 is 0. The number of rotatable bonds is 37. The molecule has 134 heavy (non-hydrogen) atoms. The van der Waals surface area contributed by atoms with Crippen molar-refractivity contribution in [2.24, 2.45) is 70.4 Å². The van der Waals surface area contributed by atoms with Gasteiger partial charge in [0.2, 0.25) is 0 Å². The molecule has 0 amide bonds. The molecule has 0 aromatic rings. The summed E-state index contributed by atoms with van der Waals surface area (Å²) in [5, 5.41) is 0. The molecule has 0 rings (SSSR count). The van der Waals surface area contributed by atoms with Gasteiger partial charge in [0.15, 0.2) is 0 Å². The van der Waals surface area contributed by atoms with Crippen LogP contribution in [0.4, 0.5) is 4.20 Å². The van der Waals surface area contributed by atoms with Crippen molar-refractivity contribution in [2.45, 2.75) is 270 Å². The van der Waals surface area contributed by atoms with Gasteiger partial charge in [0, 0.05) is 0 Å². The van der Waals surface area contributed by atoms with E-state index in [-0.39, 0.29) is 70.4 Å². The first-order valence-electron chi connectivity index (χ1n) is 50.8. The molecular formula is C104H260B4FO12P13. The number of hydrogen-bond acceptors (Lipinski definition) is 12. The maximum absolute atomic E-state index is 13.7. The molecule has 0 N–H and O–H groups in total. The molecule has 0 aliphatic heterocycles. The van der Waals surface area contributed by atoms with Gasteiger partial charge in [0.05, 0.1) is 0 Å².